The average molecular weight is 201 g/mol. The molecule has 0 saturated heterocycles. The van der Waals surface area contributed by atoms with Crippen molar-refractivity contribution in [1.82, 2.24) is 9.55 Å². The van der Waals surface area contributed by atoms with Crippen LogP contribution in [0.3, 0.4) is 0 Å². The summed E-state index contributed by atoms with van der Waals surface area (Å²) < 4.78 is 6.95. The molecule has 4 nitrogen and oxygen atoms in total. The molecule has 0 aliphatic heterocycles. The van der Waals surface area contributed by atoms with E-state index in [4.69, 9.17) is 9.68 Å². The topological polar surface area (TPSA) is 54.8 Å². The molecule has 0 radical (unpaired) electrons. The Morgan fingerprint density at radius 2 is 2.40 bits per heavy atom. The van der Waals surface area contributed by atoms with Crippen LogP contribution in [0.2, 0.25) is 0 Å². The van der Waals surface area contributed by atoms with Crippen LogP contribution < -0.4 is 0 Å². The van der Waals surface area contributed by atoms with Crippen molar-refractivity contribution in [2.45, 2.75) is 12.8 Å². The van der Waals surface area contributed by atoms with Crippen molar-refractivity contribution in [3.63, 3.8) is 0 Å². The zero-order valence-electron chi connectivity index (χ0n) is 8.47. The fourth-order valence-corrected chi connectivity index (χ4v) is 1.50. The highest BCUT2D eigenvalue weighted by Crippen LogP contribution is 2.09. The van der Waals surface area contributed by atoms with Gasteiger partial charge in [-0.25, -0.2) is 4.98 Å². The van der Waals surface area contributed by atoms with E-state index in [-0.39, 0.29) is 0 Å². The van der Waals surface area contributed by atoms with E-state index in [1.807, 2.05) is 19.2 Å². The molecule has 0 spiro atoms. The van der Waals surface area contributed by atoms with Gasteiger partial charge in [0.25, 0.3) is 0 Å². The number of hydrogen-bond acceptors (Lipinski definition) is 3. The van der Waals surface area contributed by atoms with Crippen LogP contribution >= 0.6 is 0 Å². The maximum atomic E-state index is 8.91. The summed E-state index contributed by atoms with van der Waals surface area (Å²) in [5.74, 6) is 0.921. The van der Waals surface area contributed by atoms with Crippen LogP contribution in [0, 0.1) is 11.3 Å². The highest BCUT2D eigenvalue weighted by molar-refractivity contribution is 5.27. The lowest BCUT2D eigenvalue weighted by Crippen LogP contribution is -1.96. The van der Waals surface area contributed by atoms with Crippen molar-refractivity contribution < 1.29 is 4.42 Å². The van der Waals surface area contributed by atoms with Crippen LogP contribution in [0.4, 0.5) is 0 Å². The first-order valence-electron chi connectivity index (χ1n) is 4.74. The first kappa shape index (κ1) is 9.53. The summed E-state index contributed by atoms with van der Waals surface area (Å²) in [6.45, 7) is 0. The number of aromatic nitrogens is 2. The van der Waals surface area contributed by atoms with E-state index in [9.17, 15) is 0 Å². The SMILES string of the molecule is Cn1cnc(CCc2ccco2)c1C#N. The van der Waals surface area contributed by atoms with Gasteiger partial charge >= 0.3 is 0 Å². The first-order chi connectivity index (χ1) is 7.31. The maximum absolute atomic E-state index is 8.91. The number of nitrogens with zero attached hydrogens (tertiary/aromatic N) is 3. The van der Waals surface area contributed by atoms with Gasteiger partial charge in [-0.15, -0.1) is 0 Å². The van der Waals surface area contributed by atoms with Gasteiger partial charge in [0.1, 0.15) is 17.5 Å². The summed E-state index contributed by atoms with van der Waals surface area (Å²) in [5.41, 5.74) is 1.46. The van der Waals surface area contributed by atoms with E-state index in [0.717, 1.165) is 24.3 Å². The van der Waals surface area contributed by atoms with Crippen molar-refractivity contribution >= 4 is 0 Å². The van der Waals surface area contributed by atoms with Crippen molar-refractivity contribution in [3.05, 3.63) is 41.9 Å². The summed E-state index contributed by atoms with van der Waals surface area (Å²) in [4.78, 5) is 4.18. The van der Waals surface area contributed by atoms with Crippen LogP contribution in [0.1, 0.15) is 17.1 Å². The molecular formula is C11H11N3O. The van der Waals surface area contributed by atoms with Gasteiger partial charge in [-0.3, -0.25) is 0 Å². The molecule has 15 heavy (non-hydrogen) atoms. The van der Waals surface area contributed by atoms with Gasteiger partial charge in [-0.05, 0) is 18.6 Å². The predicted octanol–water partition coefficient (Wildman–Crippen LogP) is 1.67. The minimum atomic E-state index is 0.626. The molecule has 0 aromatic carbocycles. The van der Waals surface area contributed by atoms with E-state index in [2.05, 4.69) is 11.1 Å². The minimum absolute atomic E-state index is 0.626. The molecule has 0 unspecified atom stereocenters. The Morgan fingerprint density at radius 3 is 3.07 bits per heavy atom. The van der Waals surface area contributed by atoms with E-state index in [0.29, 0.717) is 5.69 Å². The summed E-state index contributed by atoms with van der Waals surface area (Å²) >= 11 is 0. The number of rotatable bonds is 3. The molecule has 0 aliphatic carbocycles. The normalized spacial score (nSPS) is 10.1. The number of aryl methyl sites for hydroxylation is 3. The second-order valence-electron chi connectivity index (χ2n) is 3.34. The Bertz CT molecular complexity index is 476. The minimum Gasteiger partial charge on any atom is -0.469 e. The smallest absolute Gasteiger partial charge is 0.142 e. The van der Waals surface area contributed by atoms with Gasteiger partial charge < -0.3 is 8.98 Å². The largest absolute Gasteiger partial charge is 0.469 e. The molecule has 0 N–H and O–H groups in total. The monoisotopic (exact) mass is 201 g/mol. The molecule has 2 heterocycles. The fourth-order valence-electron chi connectivity index (χ4n) is 1.50. The van der Waals surface area contributed by atoms with Crippen molar-refractivity contribution in [1.29, 1.82) is 5.26 Å². The average Bonchev–Trinajstić information content (AvgIpc) is 2.84. The summed E-state index contributed by atoms with van der Waals surface area (Å²) in [7, 11) is 1.82. The first-order valence-corrected chi connectivity index (χ1v) is 4.74. The summed E-state index contributed by atoms with van der Waals surface area (Å²) in [5, 5.41) is 8.91. The quantitative estimate of drug-likeness (QED) is 0.759. The lowest BCUT2D eigenvalue weighted by Gasteiger charge is -1.96. The second kappa shape index (κ2) is 4.01. The Kier molecular flexibility index (Phi) is 2.55. The maximum Gasteiger partial charge on any atom is 0.142 e. The number of furan rings is 1. The van der Waals surface area contributed by atoms with E-state index < -0.39 is 0 Å². The molecule has 76 valence electrons. The lowest BCUT2D eigenvalue weighted by molar-refractivity contribution is 0.507. The molecule has 4 heteroatoms. The van der Waals surface area contributed by atoms with E-state index >= 15 is 0 Å². The molecule has 2 aromatic heterocycles. The lowest BCUT2D eigenvalue weighted by atomic mass is 10.2. The highest BCUT2D eigenvalue weighted by atomic mass is 16.3. The van der Waals surface area contributed by atoms with Crippen molar-refractivity contribution in [3.8, 4) is 6.07 Å². The van der Waals surface area contributed by atoms with Gasteiger partial charge in [0.2, 0.25) is 0 Å². The van der Waals surface area contributed by atoms with Gasteiger partial charge in [-0.2, -0.15) is 5.26 Å². The van der Waals surface area contributed by atoms with Gasteiger partial charge in [-0.1, -0.05) is 0 Å². The van der Waals surface area contributed by atoms with Crippen LogP contribution in [0.5, 0.6) is 0 Å². The third-order valence-electron chi connectivity index (χ3n) is 2.31. The fraction of sp³-hybridized carbons (Fsp3) is 0.273. The Labute approximate surface area is 87.8 Å². The third kappa shape index (κ3) is 1.91. The Balaban J connectivity index is 2.09. The highest BCUT2D eigenvalue weighted by Gasteiger charge is 2.08. The molecular weight excluding hydrogens is 190 g/mol. The van der Waals surface area contributed by atoms with Gasteiger partial charge in [0.15, 0.2) is 0 Å². The van der Waals surface area contributed by atoms with Crippen LogP contribution in [0.25, 0.3) is 0 Å². The molecule has 0 fully saturated rings. The molecule has 0 atom stereocenters. The van der Waals surface area contributed by atoms with Crippen molar-refractivity contribution in [2.24, 2.45) is 7.05 Å². The van der Waals surface area contributed by atoms with Gasteiger partial charge in [0.05, 0.1) is 18.3 Å². The molecule has 0 bridgehead atoms. The standard InChI is InChI=1S/C11H11N3O/c1-14-8-13-10(11(14)7-12)5-4-9-3-2-6-15-9/h2-3,6,8H,4-5H2,1H3. The molecule has 0 amide bonds. The Morgan fingerprint density at radius 1 is 1.53 bits per heavy atom. The number of hydrogen-bond donors (Lipinski definition) is 0. The summed E-state index contributed by atoms with van der Waals surface area (Å²) in [6.07, 6.45) is 4.82. The zero-order chi connectivity index (χ0) is 10.7. The summed E-state index contributed by atoms with van der Waals surface area (Å²) in [6, 6.07) is 5.93. The number of imidazole rings is 1. The van der Waals surface area contributed by atoms with Gasteiger partial charge in [0, 0.05) is 13.5 Å². The molecule has 0 aliphatic rings. The van der Waals surface area contributed by atoms with Crippen LogP contribution in [-0.4, -0.2) is 9.55 Å². The Hall–Kier alpha value is -2.02. The number of nitriles is 1. The third-order valence-corrected chi connectivity index (χ3v) is 2.31. The van der Waals surface area contributed by atoms with Crippen LogP contribution in [-0.2, 0) is 19.9 Å². The van der Waals surface area contributed by atoms with E-state index in [1.54, 1.807) is 17.2 Å². The van der Waals surface area contributed by atoms with E-state index in [1.165, 1.54) is 0 Å². The molecule has 2 aromatic rings. The second-order valence-corrected chi connectivity index (χ2v) is 3.34. The molecule has 0 saturated carbocycles. The predicted molar refractivity (Wildman–Crippen MR) is 54.0 cm³/mol. The van der Waals surface area contributed by atoms with Crippen molar-refractivity contribution in [2.75, 3.05) is 0 Å². The zero-order valence-corrected chi connectivity index (χ0v) is 8.47. The van der Waals surface area contributed by atoms with Crippen LogP contribution in [0.15, 0.2) is 29.1 Å². The molecule has 2 rings (SSSR count).